The molecule has 0 spiro atoms. The number of hydrogen-bond donors (Lipinski definition) is 1. The molecule has 6 heteroatoms. The Bertz CT molecular complexity index is 439. The van der Waals surface area contributed by atoms with Crippen molar-refractivity contribution in [2.75, 3.05) is 39.3 Å². The summed E-state index contributed by atoms with van der Waals surface area (Å²) in [4.78, 5) is 30.1. The zero-order chi connectivity index (χ0) is 17.2. The number of β-amino-alcohol motifs (C(OH)–C–C–N with tert-alkyl or cyclic N) is 1. The maximum Gasteiger partial charge on any atom is 0.245 e. The Morgan fingerprint density at radius 1 is 1.13 bits per heavy atom. The molecule has 0 aromatic carbocycles. The SMILES string of the molecule is CC(=O)N1CCCC1C(=O)N1CCN(CC(O)C(C)(C)C)CC1. The molecule has 2 aliphatic rings. The van der Waals surface area contributed by atoms with Gasteiger partial charge in [0.25, 0.3) is 0 Å². The van der Waals surface area contributed by atoms with Gasteiger partial charge in [0.1, 0.15) is 6.04 Å². The first-order valence-electron chi connectivity index (χ1n) is 8.66. The Hall–Kier alpha value is -1.14. The van der Waals surface area contributed by atoms with Crippen LogP contribution in [0.4, 0.5) is 0 Å². The van der Waals surface area contributed by atoms with Crippen LogP contribution in [0.15, 0.2) is 0 Å². The van der Waals surface area contributed by atoms with Crippen LogP contribution in [0.2, 0.25) is 0 Å². The molecule has 23 heavy (non-hydrogen) atoms. The lowest BCUT2D eigenvalue weighted by atomic mass is 9.89. The normalized spacial score (nSPS) is 24.8. The van der Waals surface area contributed by atoms with Crippen LogP contribution in [0.1, 0.15) is 40.5 Å². The van der Waals surface area contributed by atoms with Crippen LogP contribution in [0.25, 0.3) is 0 Å². The van der Waals surface area contributed by atoms with Crippen molar-refractivity contribution >= 4 is 11.8 Å². The van der Waals surface area contributed by atoms with E-state index in [1.807, 2.05) is 25.7 Å². The number of nitrogens with zero attached hydrogens (tertiary/aromatic N) is 3. The van der Waals surface area contributed by atoms with Gasteiger partial charge >= 0.3 is 0 Å². The van der Waals surface area contributed by atoms with E-state index in [-0.39, 0.29) is 29.4 Å². The molecule has 0 aliphatic carbocycles. The molecule has 132 valence electrons. The second-order valence-corrected chi connectivity index (χ2v) is 7.88. The zero-order valence-corrected chi connectivity index (χ0v) is 14.9. The Kier molecular flexibility index (Phi) is 5.68. The summed E-state index contributed by atoms with van der Waals surface area (Å²) in [6.45, 7) is 11.9. The Balaban J connectivity index is 1.84. The van der Waals surface area contributed by atoms with E-state index < -0.39 is 0 Å². The standard InChI is InChI=1S/C17H31N3O3/c1-13(21)20-7-5-6-14(20)16(23)19-10-8-18(9-11-19)12-15(22)17(2,3)4/h14-15,22H,5-12H2,1-4H3. The van der Waals surface area contributed by atoms with Crippen LogP contribution in [-0.4, -0.2) is 83.0 Å². The van der Waals surface area contributed by atoms with Gasteiger partial charge in [-0.3, -0.25) is 14.5 Å². The summed E-state index contributed by atoms with van der Waals surface area (Å²) in [5.41, 5.74) is -0.126. The number of amides is 2. The van der Waals surface area contributed by atoms with Crippen molar-refractivity contribution in [2.24, 2.45) is 5.41 Å². The van der Waals surface area contributed by atoms with Crippen molar-refractivity contribution in [2.45, 2.75) is 52.7 Å². The number of likely N-dealkylation sites (tertiary alicyclic amines) is 1. The largest absolute Gasteiger partial charge is 0.391 e. The van der Waals surface area contributed by atoms with Crippen LogP contribution < -0.4 is 0 Å². The number of carbonyl (C=O) groups excluding carboxylic acids is 2. The average molecular weight is 325 g/mol. The number of hydrogen-bond acceptors (Lipinski definition) is 4. The minimum absolute atomic E-state index is 0.00668. The molecule has 2 amide bonds. The summed E-state index contributed by atoms with van der Waals surface area (Å²) in [5.74, 6) is 0.0847. The van der Waals surface area contributed by atoms with E-state index in [0.717, 1.165) is 25.9 Å². The second kappa shape index (κ2) is 7.18. The van der Waals surface area contributed by atoms with Gasteiger partial charge in [-0.15, -0.1) is 0 Å². The van der Waals surface area contributed by atoms with Gasteiger partial charge in [0.05, 0.1) is 6.10 Å². The summed E-state index contributed by atoms with van der Waals surface area (Å²) < 4.78 is 0. The van der Waals surface area contributed by atoms with E-state index in [9.17, 15) is 14.7 Å². The summed E-state index contributed by atoms with van der Waals surface area (Å²) in [7, 11) is 0. The van der Waals surface area contributed by atoms with E-state index in [0.29, 0.717) is 26.2 Å². The maximum atomic E-state index is 12.7. The monoisotopic (exact) mass is 325 g/mol. The van der Waals surface area contributed by atoms with E-state index in [2.05, 4.69) is 4.90 Å². The van der Waals surface area contributed by atoms with Gasteiger partial charge in [-0.05, 0) is 18.3 Å². The number of aliphatic hydroxyl groups excluding tert-OH is 1. The highest BCUT2D eigenvalue weighted by Crippen LogP contribution is 2.22. The Morgan fingerprint density at radius 2 is 1.74 bits per heavy atom. The van der Waals surface area contributed by atoms with Gasteiger partial charge in [-0.25, -0.2) is 0 Å². The fourth-order valence-corrected chi connectivity index (χ4v) is 3.28. The lowest BCUT2D eigenvalue weighted by Crippen LogP contribution is -2.55. The van der Waals surface area contributed by atoms with Crippen molar-refractivity contribution in [3.8, 4) is 0 Å². The molecule has 1 N–H and O–H groups in total. The molecule has 0 aromatic rings. The molecule has 0 bridgehead atoms. The molecular formula is C17H31N3O3. The van der Waals surface area contributed by atoms with Crippen LogP contribution in [0.5, 0.6) is 0 Å². The molecular weight excluding hydrogens is 294 g/mol. The summed E-state index contributed by atoms with van der Waals surface area (Å²) in [6.07, 6.45) is 1.32. The molecule has 0 radical (unpaired) electrons. The summed E-state index contributed by atoms with van der Waals surface area (Å²) in [5, 5.41) is 10.2. The third-order valence-corrected chi connectivity index (χ3v) is 5.06. The first-order chi connectivity index (χ1) is 10.7. The number of rotatable bonds is 3. The smallest absolute Gasteiger partial charge is 0.245 e. The van der Waals surface area contributed by atoms with E-state index in [4.69, 9.17) is 0 Å². The topological polar surface area (TPSA) is 64.1 Å². The highest BCUT2D eigenvalue weighted by atomic mass is 16.3. The first-order valence-corrected chi connectivity index (χ1v) is 8.66. The number of piperazine rings is 1. The Morgan fingerprint density at radius 3 is 2.26 bits per heavy atom. The quantitative estimate of drug-likeness (QED) is 0.823. The molecule has 6 nitrogen and oxygen atoms in total. The molecule has 2 aliphatic heterocycles. The molecule has 2 heterocycles. The summed E-state index contributed by atoms with van der Waals surface area (Å²) in [6, 6.07) is -0.265. The van der Waals surface area contributed by atoms with Crippen molar-refractivity contribution in [3.05, 3.63) is 0 Å². The molecule has 0 saturated carbocycles. The van der Waals surface area contributed by atoms with Gasteiger partial charge in [-0.2, -0.15) is 0 Å². The van der Waals surface area contributed by atoms with Crippen molar-refractivity contribution in [1.82, 2.24) is 14.7 Å². The molecule has 0 aromatic heterocycles. The fourth-order valence-electron chi connectivity index (χ4n) is 3.28. The van der Waals surface area contributed by atoms with E-state index in [1.165, 1.54) is 6.92 Å². The Labute approximate surface area is 139 Å². The van der Waals surface area contributed by atoms with Crippen molar-refractivity contribution < 1.29 is 14.7 Å². The lowest BCUT2D eigenvalue weighted by molar-refractivity contribution is -0.144. The van der Waals surface area contributed by atoms with Crippen LogP contribution in [0, 0.1) is 5.41 Å². The van der Waals surface area contributed by atoms with Crippen LogP contribution in [-0.2, 0) is 9.59 Å². The second-order valence-electron chi connectivity index (χ2n) is 7.88. The number of carbonyl (C=O) groups is 2. The van der Waals surface area contributed by atoms with Gasteiger partial charge < -0.3 is 14.9 Å². The lowest BCUT2D eigenvalue weighted by Gasteiger charge is -2.39. The van der Waals surface area contributed by atoms with Gasteiger partial charge in [0.2, 0.25) is 11.8 Å². The van der Waals surface area contributed by atoms with Crippen molar-refractivity contribution in [3.63, 3.8) is 0 Å². The third kappa shape index (κ3) is 4.44. The highest BCUT2D eigenvalue weighted by Gasteiger charge is 2.36. The minimum Gasteiger partial charge on any atom is -0.391 e. The molecule has 2 rings (SSSR count). The zero-order valence-electron chi connectivity index (χ0n) is 14.9. The van der Waals surface area contributed by atoms with Crippen LogP contribution in [0.3, 0.4) is 0 Å². The summed E-state index contributed by atoms with van der Waals surface area (Å²) >= 11 is 0. The molecule has 2 atom stereocenters. The predicted octanol–water partition coefficient (Wildman–Crippen LogP) is 0.549. The average Bonchev–Trinajstić information content (AvgIpc) is 2.96. The number of aliphatic hydroxyl groups is 1. The molecule has 2 unspecified atom stereocenters. The molecule has 2 fully saturated rings. The van der Waals surface area contributed by atoms with Gasteiger partial charge in [-0.1, -0.05) is 20.8 Å². The maximum absolute atomic E-state index is 12.7. The van der Waals surface area contributed by atoms with Gasteiger partial charge in [0.15, 0.2) is 0 Å². The minimum atomic E-state index is -0.368. The first kappa shape index (κ1) is 18.2. The van der Waals surface area contributed by atoms with E-state index >= 15 is 0 Å². The third-order valence-electron chi connectivity index (χ3n) is 5.06. The van der Waals surface area contributed by atoms with Crippen molar-refractivity contribution in [1.29, 1.82) is 0 Å². The highest BCUT2D eigenvalue weighted by molar-refractivity contribution is 5.87. The van der Waals surface area contributed by atoms with Crippen LogP contribution >= 0.6 is 0 Å². The van der Waals surface area contributed by atoms with Gasteiger partial charge in [0, 0.05) is 46.2 Å². The predicted molar refractivity (Wildman–Crippen MR) is 88.9 cm³/mol. The van der Waals surface area contributed by atoms with E-state index in [1.54, 1.807) is 4.90 Å². The molecule has 2 saturated heterocycles. The fraction of sp³-hybridized carbons (Fsp3) is 0.882.